The number of carbonyl (C=O) groups is 1. The summed E-state index contributed by atoms with van der Waals surface area (Å²) in [5.41, 5.74) is -0.449. The van der Waals surface area contributed by atoms with Crippen LogP contribution >= 0.6 is 11.3 Å². The van der Waals surface area contributed by atoms with Crippen molar-refractivity contribution in [2.75, 3.05) is 31.5 Å². The fraction of sp³-hybridized carbons (Fsp3) is 0.353. The molecule has 1 aromatic heterocycles. The Bertz CT molecular complexity index is 960. The molecular formula is C17H18F3N3O3S2. The van der Waals surface area contributed by atoms with Crippen LogP contribution in [0.25, 0.3) is 0 Å². The predicted molar refractivity (Wildman–Crippen MR) is 99.1 cm³/mol. The number of hydrogen-bond donors (Lipinski definition) is 1. The van der Waals surface area contributed by atoms with Gasteiger partial charge in [0.15, 0.2) is 17.5 Å². The van der Waals surface area contributed by atoms with Crippen LogP contribution in [0.4, 0.5) is 18.9 Å². The van der Waals surface area contributed by atoms with Gasteiger partial charge in [-0.1, -0.05) is 6.07 Å². The maximum atomic E-state index is 13.7. The number of amides is 1. The van der Waals surface area contributed by atoms with Crippen molar-refractivity contribution in [3.05, 3.63) is 47.1 Å². The Labute approximate surface area is 164 Å². The molecule has 1 unspecified atom stereocenters. The quantitative estimate of drug-likeness (QED) is 0.736. The molecule has 2 aromatic rings. The molecule has 152 valence electrons. The largest absolute Gasteiger partial charge is 0.322 e. The predicted octanol–water partition coefficient (Wildman–Crippen LogP) is 2.50. The molecule has 1 atom stereocenters. The van der Waals surface area contributed by atoms with E-state index in [9.17, 15) is 26.4 Å². The molecule has 2 heterocycles. The number of nitrogens with zero attached hydrogens (tertiary/aromatic N) is 2. The topological polar surface area (TPSA) is 69.7 Å². The zero-order valence-corrected chi connectivity index (χ0v) is 16.5. The fourth-order valence-corrected chi connectivity index (χ4v) is 5.46. The van der Waals surface area contributed by atoms with Crippen LogP contribution in [0.1, 0.15) is 6.92 Å². The van der Waals surface area contributed by atoms with E-state index in [1.165, 1.54) is 4.31 Å². The third-order valence-electron chi connectivity index (χ3n) is 4.58. The third kappa shape index (κ3) is 4.07. The van der Waals surface area contributed by atoms with Crippen molar-refractivity contribution in [3.8, 4) is 0 Å². The molecule has 0 spiro atoms. The van der Waals surface area contributed by atoms with Crippen molar-refractivity contribution in [1.82, 2.24) is 9.21 Å². The average molecular weight is 433 g/mol. The molecule has 1 N–H and O–H groups in total. The van der Waals surface area contributed by atoms with Crippen molar-refractivity contribution in [3.63, 3.8) is 0 Å². The van der Waals surface area contributed by atoms with Crippen molar-refractivity contribution in [2.45, 2.75) is 17.2 Å². The highest BCUT2D eigenvalue weighted by molar-refractivity contribution is 7.91. The van der Waals surface area contributed by atoms with E-state index in [0.29, 0.717) is 13.1 Å². The first-order valence-electron chi connectivity index (χ1n) is 8.44. The maximum absolute atomic E-state index is 13.7. The fourth-order valence-electron chi connectivity index (χ4n) is 2.89. The van der Waals surface area contributed by atoms with Gasteiger partial charge in [0.25, 0.3) is 10.0 Å². The second kappa shape index (κ2) is 8.19. The third-order valence-corrected chi connectivity index (χ3v) is 7.85. The van der Waals surface area contributed by atoms with Gasteiger partial charge < -0.3 is 5.32 Å². The van der Waals surface area contributed by atoms with Crippen molar-refractivity contribution < 1.29 is 26.4 Å². The molecule has 0 aliphatic carbocycles. The van der Waals surface area contributed by atoms with E-state index in [4.69, 9.17) is 0 Å². The van der Waals surface area contributed by atoms with Crippen LogP contribution < -0.4 is 5.32 Å². The van der Waals surface area contributed by atoms with Gasteiger partial charge in [-0.05, 0) is 30.5 Å². The summed E-state index contributed by atoms with van der Waals surface area (Å²) in [4.78, 5) is 14.1. The van der Waals surface area contributed by atoms with E-state index in [0.717, 1.165) is 23.5 Å². The maximum Gasteiger partial charge on any atom is 0.252 e. The standard InChI is InChI=1S/C17H18F3N3O3S2/c1-11(17(24)21-13-5-4-12(18)15(19)16(13)20)22-6-8-23(9-7-22)28(25,26)14-3-2-10-27-14/h2-5,10-11H,6-9H2,1H3,(H,21,24). The summed E-state index contributed by atoms with van der Waals surface area (Å²) in [6.07, 6.45) is 0. The molecule has 1 aliphatic heterocycles. The average Bonchev–Trinajstić information content (AvgIpc) is 3.23. The minimum atomic E-state index is -3.55. The second-order valence-electron chi connectivity index (χ2n) is 6.26. The molecule has 1 fully saturated rings. The SMILES string of the molecule is CC(C(=O)Nc1ccc(F)c(F)c1F)N1CCN(S(=O)(=O)c2cccs2)CC1. The summed E-state index contributed by atoms with van der Waals surface area (Å²) >= 11 is 1.14. The molecule has 3 rings (SSSR count). The summed E-state index contributed by atoms with van der Waals surface area (Å²) < 4.78 is 66.7. The highest BCUT2D eigenvalue weighted by Gasteiger charge is 2.32. The van der Waals surface area contributed by atoms with Gasteiger partial charge in [-0.15, -0.1) is 11.3 Å². The van der Waals surface area contributed by atoms with Crippen LogP contribution in [0.3, 0.4) is 0 Å². The second-order valence-corrected chi connectivity index (χ2v) is 9.37. The molecule has 1 aromatic carbocycles. The number of anilines is 1. The Morgan fingerprint density at radius 3 is 2.39 bits per heavy atom. The van der Waals surface area contributed by atoms with E-state index in [1.54, 1.807) is 29.3 Å². The van der Waals surface area contributed by atoms with E-state index < -0.39 is 45.1 Å². The van der Waals surface area contributed by atoms with Gasteiger partial charge in [-0.2, -0.15) is 4.31 Å². The monoisotopic (exact) mass is 433 g/mol. The van der Waals surface area contributed by atoms with Crippen molar-refractivity contribution >= 4 is 33.0 Å². The van der Waals surface area contributed by atoms with Crippen molar-refractivity contribution in [1.29, 1.82) is 0 Å². The first-order chi connectivity index (χ1) is 13.2. The zero-order chi connectivity index (χ0) is 20.5. The van der Waals surface area contributed by atoms with Gasteiger partial charge in [0, 0.05) is 26.2 Å². The summed E-state index contributed by atoms with van der Waals surface area (Å²) in [7, 11) is -3.55. The first kappa shape index (κ1) is 20.8. The van der Waals surface area contributed by atoms with Gasteiger partial charge in [-0.3, -0.25) is 9.69 Å². The molecule has 11 heteroatoms. The molecule has 28 heavy (non-hydrogen) atoms. The van der Waals surface area contributed by atoms with Gasteiger partial charge in [0.2, 0.25) is 5.91 Å². The number of hydrogen-bond acceptors (Lipinski definition) is 5. The lowest BCUT2D eigenvalue weighted by Gasteiger charge is -2.36. The first-order valence-corrected chi connectivity index (χ1v) is 10.8. The van der Waals surface area contributed by atoms with Crippen LogP contribution in [0, 0.1) is 17.5 Å². The Balaban J connectivity index is 1.61. The van der Waals surface area contributed by atoms with Gasteiger partial charge in [0.1, 0.15) is 4.21 Å². The highest BCUT2D eigenvalue weighted by atomic mass is 32.2. The molecule has 1 amide bonds. The molecule has 1 aliphatic rings. The molecule has 6 nitrogen and oxygen atoms in total. The lowest BCUT2D eigenvalue weighted by molar-refractivity contribution is -0.121. The van der Waals surface area contributed by atoms with E-state index in [1.807, 2.05) is 0 Å². The van der Waals surface area contributed by atoms with Crippen LogP contribution in [0.15, 0.2) is 33.9 Å². The number of rotatable bonds is 5. The van der Waals surface area contributed by atoms with E-state index >= 15 is 0 Å². The van der Waals surface area contributed by atoms with Crippen LogP contribution in [0.5, 0.6) is 0 Å². The van der Waals surface area contributed by atoms with Crippen molar-refractivity contribution in [2.24, 2.45) is 0 Å². The zero-order valence-electron chi connectivity index (χ0n) is 14.9. The molecule has 1 saturated heterocycles. The molecule has 0 saturated carbocycles. The Morgan fingerprint density at radius 2 is 1.79 bits per heavy atom. The lowest BCUT2D eigenvalue weighted by Crippen LogP contribution is -2.53. The highest BCUT2D eigenvalue weighted by Crippen LogP contribution is 2.23. The Morgan fingerprint density at radius 1 is 1.11 bits per heavy atom. The number of nitrogens with one attached hydrogen (secondary N) is 1. The van der Waals surface area contributed by atoms with Crippen LogP contribution in [-0.4, -0.2) is 55.8 Å². The number of halogens is 3. The van der Waals surface area contributed by atoms with E-state index in [-0.39, 0.29) is 17.3 Å². The van der Waals surface area contributed by atoms with Gasteiger partial charge in [-0.25, -0.2) is 21.6 Å². The number of thiophene rings is 1. The number of benzene rings is 1. The smallest absolute Gasteiger partial charge is 0.252 e. The van der Waals surface area contributed by atoms with Gasteiger partial charge >= 0.3 is 0 Å². The number of carbonyl (C=O) groups excluding carboxylic acids is 1. The van der Waals surface area contributed by atoms with Crippen LogP contribution in [-0.2, 0) is 14.8 Å². The summed E-state index contributed by atoms with van der Waals surface area (Å²) in [6, 6.07) is 4.17. The summed E-state index contributed by atoms with van der Waals surface area (Å²) in [5.74, 6) is -5.06. The van der Waals surface area contributed by atoms with E-state index in [2.05, 4.69) is 5.32 Å². The summed E-state index contributed by atoms with van der Waals surface area (Å²) in [6.45, 7) is 2.60. The summed E-state index contributed by atoms with van der Waals surface area (Å²) in [5, 5.41) is 3.93. The minimum absolute atomic E-state index is 0.206. The molecular weight excluding hydrogens is 415 g/mol. The Hall–Kier alpha value is -1.95. The van der Waals surface area contributed by atoms with Gasteiger partial charge in [0.05, 0.1) is 11.7 Å². The minimum Gasteiger partial charge on any atom is -0.322 e. The van der Waals surface area contributed by atoms with Crippen LogP contribution in [0.2, 0.25) is 0 Å². The molecule has 0 bridgehead atoms. The Kier molecular flexibility index (Phi) is 6.08. The lowest BCUT2D eigenvalue weighted by atomic mass is 10.2. The number of sulfonamides is 1. The molecule has 0 radical (unpaired) electrons. The number of piperazine rings is 1. The normalized spacial score (nSPS) is 17.4.